The molecule has 1 saturated carbocycles. The molecule has 2 aliphatic carbocycles. The second-order valence-corrected chi connectivity index (χ2v) is 10.9. The fourth-order valence-electron chi connectivity index (χ4n) is 7.39. The molecule has 1 aromatic rings. The van der Waals surface area contributed by atoms with Crippen molar-refractivity contribution in [2.45, 2.75) is 82.7 Å². The number of amides is 1. The molecule has 1 aromatic carbocycles. The zero-order chi connectivity index (χ0) is 22.3. The minimum Gasteiger partial charge on any atom is -0.494 e. The van der Waals surface area contributed by atoms with Gasteiger partial charge in [-0.15, -0.1) is 0 Å². The van der Waals surface area contributed by atoms with Crippen molar-refractivity contribution in [1.82, 2.24) is 10.2 Å². The molecule has 3 fully saturated rings. The molecular formula is C27H37N3O2. The summed E-state index contributed by atoms with van der Waals surface area (Å²) >= 11 is 0. The van der Waals surface area contributed by atoms with Crippen LogP contribution in [0.4, 0.5) is 0 Å². The third kappa shape index (κ3) is 3.92. The van der Waals surface area contributed by atoms with Gasteiger partial charge < -0.3 is 15.0 Å². The first kappa shape index (κ1) is 21.8. The SMILES string of the molecule is C[C@@H]1CCCN1CCCOc1ccc2c(c1)CC[C@H]1[C@@H]3[C@H](C#N)CC(=O)N[C@@]3(C)CC[C@H]21. The molecular weight excluding hydrogens is 398 g/mol. The molecule has 2 heterocycles. The highest BCUT2D eigenvalue weighted by molar-refractivity contribution is 5.78. The summed E-state index contributed by atoms with van der Waals surface area (Å²) < 4.78 is 6.13. The number of benzene rings is 1. The quantitative estimate of drug-likeness (QED) is 0.696. The monoisotopic (exact) mass is 435 g/mol. The predicted octanol–water partition coefficient (Wildman–Crippen LogP) is 4.41. The zero-order valence-corrected chi connectivity index (χ0v) is 19.6. The first-order chi connectivity index (χ1) is 15.5. The second-order valence-electron chi connectivity index (χ2n) is 10.9. The molecule has 2 saturated heterocycles. The molecule has 4 aliphatic rings. The molecule has 5 nitrogen and oxygen atoms in total. The van der Waals surface area contributed by atoms with Crippen LogP contribution in [0.25, 0.3) is 0 Å². The average Bonchev–Trinajstić information content (AvgIpc) is 3.19. The van der Waals surface area contributed by atoms with Crippen LogP contribution in [0.15, 0.2) is 18.2 Å². The maximum absolute atomic E-state index is 12.2. The molecule has 0 aromatic heterocycles. The van der Waals surface area contributed by atoms with E-state index in [9.17, 15) is 10.1 Å². The first-order valence-electron chi connectivity index (χ1n) is 12.7. The number of rotatable bonds is 5. The van der Waals surface area contributed by atoms with Crippen LogP contribution in [-0.2, 0) is 11.2 Å². The summed E-state index contributed by atoms with van der Waals surface area (Å²) in [7, 11) is 0. The van der Waals surface area contributed by atoms with E-state index in [4.69, 9.17) is 4.74 Å². The highest BCUT2D eigenvalue weighted by Crippen LogP contribution is 2.55. The van der Waals surface area contributed by atoms with E-state index in [2.05, 4.69) is 48.3 Å². The molecule has 32 heavy (non-hydrogen) atoms. The summed E-state index contributed by atoms with van der Waals surface area (Å²) in [6, 6.07) is 9.92. The van der Waals surface area contributed by atoms with Crippen molar-refractivity contribution in [2.24, 2.45) is 17.8 Å². The van der Waals surface area contributed by atoms with E-state index < -0.39 is 0 Å². The number of carbonyl (C=O) groups is 1. The highest BCUT2D eigenvalue weighted by Gasteiger charge is 2.54. The van der Waals surface area contributed by atoms with E-state index in [1.54, 1.807) is 0 Å². The third-order valence-electron chi connectivity index (χ3n) is 8.93. The summed E-state index contributed by atoms with van der Waals surface area (Å²) in [5.74, 6) is 2.10. The van der Waals surface area contributed by atoms with E-state index in [1.165, 1.54) is 30.5 Å². The standard InChI is InChI=1S/C27H37N3O2/c1-18-5-3-12-30(18)13-4-14-32-21-7-9-22-19(15-21)6-8-24-23(22)10-11-27(2)26(24)20(17-28)16-25(31)29-27/h7,9,15,18,20,23-24,26H,3-6,8,10-14,16H2,1-2H3,(H,29,31)/t18-,20+,23-,24-,26+,27+/m1/s1. The normalized spacial score (nSPS) is 36.4. The van der Waals surface area contributed by atoms with Crippen LogP contribution in [0.5, 0.6) is 5.75 Å². The minimum absolute atomic E-state index is 0.0472. The van der Waals surface area contributed by atoms with Gasteiger partial charge in [-0.2, -0.15) is 5.26 Å². The Kier molecular flexibility index (Phi) is 5.92. The van der Waals surface area contributed by atoms with Gasteiger partial charge in [0.05, 0.1) is 18.6 Å². The van der Waals surface area contributed by atoms with Crippen molar-refractivity contribution in [2.75, 3.05) is 19.7 Å². The molecule has 5 rings (SSSR count). The van der Waals surface area contributed by atoms with Crippen molar-refractivity contribution < 1.29 is 9.53 Å². The molecule has 0 unspecified atom stereocenters. The van der Waals surface area contributed by atoms with Crippen molar-refractivity contribution in [3.05, 3.63) is 29.3 Å². The largest absolute Gasteiger partial charge is 0.494 e. The Morgan fingerprint density at radius 1 is 1.31 bits per heavy atom. The lowest BCUT2D eigenvalue weighted by Crippen LogP contribution is -2.63. The Morgan fingerprint density at radius 2 is 2.19 bits per heavy atom. The summed E-state index contributed by atoms with van der Waals surface area (Å²) in [6.45, 7) is 7.65. The third-order valence-corrected chi connectivity index (χ3v) is 8.93. The Balaban J connectivity index is 1.25. The van der Waals surface area contributed by atoms with Crippen LogP contribution in [0.3, 0.4) is 0 Å². The van der Waals surface area contributed by atoms with Gasteiger partial charge in [0.1, 0.15) is 5.75 Å². The van der Waals surface area contributed by atoms with Crippen LogP contribution >= 0.6 is 0 Å². The number of nitriles is 1. The molecule has 2 aliphatic heterocycles. The van der Waals surface area contributed by atoms with Crippen LogP contribution in [0.2, 0.25) is 0 Å². The fraction of sp³-hybridized carbons (Fsp3) is 0.704. The van der Waals surface area contributed by atoms with Gasteiger partial charge in [-0.05, 0) is 100 Å². The number of nitrogens with zero attached hydrogens (tertiary/aromatic N) is 2. The van der Waals surface area contributed by atoms with Crippen molar-refractivity contribution in [3.8, 4) is 11.8 Å². The smallest absolute Gasteiger partial charge is 0.221 e. The summed E-state index contributed by atoms with van der Waals surface area (Å²) in [5.41, 5.74) is 2.65. The van der Waals surface area contributed by atoms with E-state index in [1.807, 2.05) is 0 Å². The molecule has 0 radical (unpaired) electrons. The van der Waals surface area contributed by atoms with Crippen LogP contribution in [0.1, 0.15) is 75.8 Å². The molecule has 0 bridgehead atoms. The Labute approximate surface area is 192 Å². The van der Waals surface area contributed by atoms with Gasteiger partial charge in [0.15, 0.2) is 0 Å². The number of hydrogen-bond acceptors (Lipinski definition) is 4. The number of ether oxygens (including phenoxy) is 1. The number of likely N-dealkylation sites (tertiary alicyclic amines) is 1. The number of nitrogens with one attached hydrogen (secondary N) is 1. The van der Waals surface area contributed by atoms with Crippen molar-refractivity contribution in [1.29, 1.82) is 5.26 Å². The highest BCUT2D eigenvalue weighted by atomic mass is 16.5. The summed E-state index contributed by atoms with van der Waals surface area (Å²) in [6.07, 6.45) is 8.27. The minimum atomic E-state index is -0.232. The topological polar surface area (TPSA) is 65.4 Å². The number of piperidine rings is 1. The lowest BCUT2D eigenvalue weighted by Gasteiger charge is -2.55. The number of carbonyl (C=O) groups excluding carboxylic acids is 1. The number of hydrogen-bond donors (Lipinski definition) is 1. The zero-order valence-electron chi connectivity index (χ0n) is 19.6. The van der Waals surface area contributed by atoms with Gasteiger partial charge in [0.25, 0.3) is 0 Å². The van der Waals surface area contributed by atoms with E-state index >= 15 is 0 Å². The summed E-state index contributed by atoms with van der Waals surface area (Å²) in [4.78, 5) is 14.8. The van der Waals surface area contributed by atoms with E-state index in [0.717, 1.165) is 57.0 Å². The van der Waals surface area contributed by atoms with E-state index in [0.29, 0.717) is 18.3 Å². The molecule has 5 heteroatoms. The van der Waals surface area contributed by atoms with Crippen LogP contribution < -0.4 is 10.1 Å². The molecule has 172 valence electrons. The Bertz CT molecular complexity index is 909. The molecule has 6 atom stereocenters. The fourth-order valence-corrected chi connectivity index (χ4v) is 7.39. The van der Waals surface area contributed by atoms with Gasteiger partial charge in [0.2, 0.25) is 5.91 Å². The maximum atomic E-state index is 12.2. The lowest BCUT2D eigenvalue weighted by molar-refractivity contribution is -0.131. The average molecular weight is 436 g/mol. The maximum Gasteiger partial charge on any atom is 0.221 e. The predicted molar refractivity (Wildman–Crippen MR) is 124 cm³/mol. The Hall–Kier alpha value is -2.06. The van der Waals surface area contributed by atoms with Gasteiger partial charge in [-0.3, -0.25) is 4.79 Å². The molecule has 0 spiro atoms. The lowest BCUT2D eigenvalue weighted by atomic mass is 9.53. The molecule has 1 N–H and O–H groups in total. The second kappa shape index (κ2) is 8.71. The van der Waals surface area contributed by atoms with Crippen LogP contribution in [0, 0.1) is 29.1 Å². The molecule has 1 amide bonds. The Morgan fingerprint density at radius 3 is 2.97 bits per heavy atom. The number of aryl methyl sites for hydroxylation is 1. The van der Waals surface area contributed by atoms with Crippen molar-refractivity contribution >= 4 is 5.91 Å². The van der Waals surface area contributed by atoms with Gasteiger partial charge in [-0.1, -0.05) is 6.07 Å². The number of fused-ring (bicyclic) bond motifs is 5. The van der Waals surface area contributed by atoms with Crippen molar-refractivity contribution in [3.63, 3.8) is 0 Å². The summed E-state index contributed by atoms with van der Waals surface area (Å²) in [5, 5.41) is 13.1. The first-order valence-corrected chi connectivity index (χ1v) is 12.7. The van der Waals surface area contributed by atoms with E-state index in [-0.39, 0.29) is 23.3 Å². The van der Waals surface area contributed by atoms with Crippen LogP contribution in [-0.4, -0.2) is 42.1 Å². The van der Waals surface area contributed by atoms with Gasteiger partial charge in [-0.25, -0.2) is 0 Å². The van der Waals surface area contributed by atoms with Gasteiger partial charge in [0, 0.05) is 30.5 Å². The van der Waals surface area contributed by atoms with Gasteiger partial charge >= 0.3 is 0 Å².